The van der Waals surface area contributed by atoms with E-state index < -0.39 is 52.5 Å². The zero-order valence-electron chi connectivity index (χ0n) is 18.9. The van der Waals surface area contributed by atoms with Crippen molar-refractivity contribution >= 4 is 20.0 Å². The van der Waals surface area contributed by atoms with Gasteiger partial charge in [-0.05, 0) is 48.5 Å². The van der Waals surface area contributed by atoms with Crippen LogP contribution in [0.3, 0.4) is 0 Å². The van der Waals surface area contributed by atoms with Crippen LogP contribution in [0.15, 0.2) is 58.3 Å². The second-order valence-electron chi connectivity index (χ2n) is 7.18. The molecular weight excluding hydrogens is 488 g/mol. The Kier molecular flexibility index (Phi) is 10.2. The van der Waals surface area contributed by atoms with Crippen LogP contribution in [-0.4, -0.2) is 100 Å². The van der Waals surface area contributed by atoms with Gasteiger partial charge in [-0.1, -0.05) is 0 Å². The molecule has 0 unspecified atom stereocenters. The van der Waals surface area contributed by atoms with E-state index in [0.717, 1.165) is 8.61 Å². The monoisotopic (exact) mass is 518 g/mol. The van der Waals surface area contributed by atoms with Gasteiger partial charge in [-0.2, -0.15) is 8.61 Å². The smallest absolute Gasteiger partial charge is 0.243 e. The summed E-state index contributed by atoms with van der Waals surface area (Å²) >= 11 is 0. The molecule has 190 valence electrons. The van der Waals surface area contributed by atoms with Gasteiger partial charge in [0.25, 0.3) is 0 Å². The standard InChI is InChI=1S/C21H30N2O9S2/c1-31-18-3-7-20(8-4-18)33(27,28)22(11-13-24)15-17(26)16-23(12-14-25)34(29,30)21-9-5-19(32-2)6-10-21/h3-10,17,24-26H,11-16H2,1-2H3. The number of aliphatic hydroxyl groups is 3. The first-order valence-electron chi connectivity index (χ1n) is 10.3. The molecule has 0 fully saturated rings. The summed E-state index contributed by atoms with van der Waals surface area (Å²) < 4.78 is 63.9. The largest absolute Gasteiger partial charge is 0.497 e. The van der Waals surface area contributed by atoms with Crippen molar-refractivity contribution in [3.63, 3.8) is 0 Å². The number of rotatable bonds is 14. The topological polar surface area (TPSA) is 154 Å². The molecule has 0 heterocycles. The summed E-state index contributed by atoms with van der Waals surface area (Å²) in [5.41, 5.74) is 0. The molecular formula is C21H30N2O9S2. The van der Waals surface area contributed by atoms with Crippen LogP contribution >= 0.6 is 0 Å². The molecule has 0 aliphatic heterocycles. The number of ether oxygens (including phenoxy) is 2. The minimum absolute atomic E-state index is 0.0768. The number of aliphatic hydroxyl groups excluding tert-OH is 3. The van der Waals surface area contributed by atoms with Crippen LogP contribution in [0.2, 0.25) is 0 Å². The SMILES string of the molecule is COc1ccc(S(=O)(=O)N(CCO)CC(O)CN(CCO)S(=O)(=O)c2ccc(OC)cc2)cc1. The Bertz CT molecular complexity index is 1020. The Morgan fingerprint density at radius 2 is 1.03 bits per heavy atom. The summed E-state index contributed by atoms with van der Waals surface area (Å²) in [6.45, 7) is -2.59. The average Bonchev–Trinajstić information content (AvgIpc) is 2.83. The highest BCUT2D eigenvalue weighted by Crippen LogP contribution is 2.22. The summed E-state index contributed by atoms with van der Waals surface area (Å²) in [5, 5.41) is 29.4. The molecule has 0 aromatic heterocycles. The number of methoxy groups -OCH3 is 2. The third-order valence-electron chi connectivity index (χ3n) is 4.92. The summed E-state index contributed by atoms with van der Waals surface area (Å²) in [5.74, 6) is 0.909. The quantitative estimate of drug-likeness (QED) is 0.307. The molecule has 0 spiro atoms. The average molecular weight is 519 g/mol. The number of nitrogens with zero attached hydrogens (tertiary/aromatic N) is 2. The molecule has 0 saturated carbocycles. The third-order valence-corrected chi connectivity index (χ3v) is 8.68. The van der Waals surface area contributed by atoms with Crippen molar-refractivity contribution in [2.24, 2.45) is 0 Å². The van der Waals surface area contributed by atoms with E-state index in [0.29, 0.717) is 11.5 Å². The normalized spacial score (nSPS) is 12.5. The first-order valence-corrected chi connectivity index (χ1v) is 13.2. The summed E-state index contributed by atoms with van der Waals surface area (Å²) in [6, 6.07) is 11.2. The van der Waals surface area contributed by atoms with Gasteiger partial charge < -0.3 is 24.8 Å². The van der Waals surface area contributed by atoms with Crippen molar-refractivity contribution in [1.29, 1.82) is 0 Å². The van der Waals surface area contributed by atoms with Gasteiger partial charge in [-0.25, -0.2) is 16.8 Å². The van der Waals surface area contributed by atoms with Gasteiger partial charge >= 0.3 is 0 Å². The predicted octanol–water partition coefficient (Wildman–Crippen LogP) is -0.269. The minimum Gasteiger partial charge on any atom is -0.497 e. The Morgan fingerprint density at radius 1 is 0.706 bits per heavy atom. The van der Waals surface area contributed by atoms with Crippen molar-refractivity contribution < 1.29 is 41.6 Å². The van der Waals surface area contributed by atoms with Crippen molar-refractivity contribution in [2.45, 2.75) is 15.9 Å². The van der Waals surface area contributed by atoms with E-state index in [1.807, 2.05) is 0 Å². The molecule has 11 nitrogen and oxygen atoms in total. The van der Waals surface area contributed by atoms with Crippen molar-refractivity contribution in [1.82, 2.24) is 8.61 Å². The fourth-order valence-electron chi connectivity index (χ4n) is 3.16. The minimum atomic E-state index is -4.10. The maximum absolute atomic E-state index is 13.0. The van der Waals surface area contributed by atoms with Gasteiger partial charge in [0.15, 0.2) is 0 Å². The number of benzene rings is 2. The van der Waals surface area contributed by atoms with E-state index in [2.05, 4.69) is 0 Å². The molecule has 0 aliphatic rings. The molecule has 0 aliphatic carbocycles. The first kappa shape index (κ1) is 28.0. The maximum Gasteiger partial charge on any atom is 0.243 e. The van der Waals surface area contributed by atoms with Gasteiger partial charge in [-0.3, -0.25) is 0 Å². The molecule has 0 saturated heterocycles. The molecule has 34 heavy (non-hydrogen) atoms. The lowest BCUT2D eigenvalue weighted by Crippen LogP contribution is -2.46. The van der Waals surface area contributed by atoms with E-state index in [9.17, 15) is 32.2 Å². The first-order chi connectivity index (χ1) is 16.1. The Labute approximate surface area is 199 Å². The van der Waals surface area contributed by atoms with Crippen LogP contribution in [-0.2, 0) is 20.0 Å². The molecule has 13 heteroatoms. The molecule has 3 N–H and O–H groups in total. The molecule has 2 aromatic rings. The third kappa shape index (κ3) is 6.88. The van der Waals surface area contributed by atoms with E-state index >= 15 is 0 Å². The van der Waals surface area contributed by atoms with Gasteiger partial charge in [0.1, 0.15) is 11.5 Å². The lowest BCUT2D eigenvalue weighted by Gasteiger charge is -2.28. The Hall–Kier alpha value is -2.26. The fraction of sp³-hybridized carbons (Fsp3) is 0.429. The van der Waals surface area contributed by atoms with Crippen LogP contribution < -0.4 is 9.47 Å². The Balaban J connectivity index is 2.23. The number of hydrogen-bond acceptors (Lipinski definition) is 9. The van der Waals surface area contributed by atoms with Crippen molar-refractivity contribution in [2.75, 3.05) is 53.6 Å². The van der Waals surface area contributed by atoms with Crippen LogP contribution in [0.5, 0.6) is 11.5 Å². The summed E-state index contributed by atoms with van der Waals surface area (Å²) in [4.78, 5) is -0.154. The molecule has 0 amide bonds. The second kappa shape index (κ2) is 12.4. The van der Waals surface area contributed by atoms with Gasteiger partial charge in [0, 0.05) is 26.2 Å². The fourth-order valence-corrected chi connectivity index (χ4v) is 6.10. The molecule has 2 rings (SSSR count). The lowest BCUT2D eigenvalue weighted by atomic mass is 10.3. The van der Waals surface area contributed by atoms with Gasteiger partial charge in [0.2, 0.25) is 20.0 Å². The number of hydrogen-bond donors (Lipinski definition) is 3. The number of sulfonamides is 2. The van der Waals surface area contributed by atoms with Crippen molar-refractivity contribution in [3.8, 4) is 11.5 Å². The summed E-state index contributed by atoms with van der Waals surface area (Å²) in [6.07, 6.45) is -1.45. The van der Waals surface area contributed by atoms with Gasteiger partial charge in [0.05, 0.1) is 43.3 Å². The second-order valence-corrected chi connectivity index (χ2v) is 11.1. The maximum atomic E-state index is 13.0. The van der Waals surface area contributed by atoms with Gasteiger partial charge in [-0.15, -0.1) is 0 Å². The van der Waals surface area contributed by atoms with E-state index in [4.69, 9.17) is 9.47 Å². The predicted molar refractivity (Wildman–Crippen MR) is 124 cm³/mol. The molecule has 0 radical (unpaired) electrons. The summed E-state index contributed by atoms with van der Waals surface area (Å²) in [7, 11) is -5.32. The van der Waals surface area contributed by atoms with Crippen LogP contribution in [0, 0.1) is 0 Å². The zero-order chi connectivity index (χ0) is 25.4. The van der Waals surface area contributed by atoms with E-state index in [1.165, 1.54) is 62.8 Å². The Morgan fingerprint density at radius 3 is 1.29 bits per heavy atom. The van der Waals surface area contributed by atoms with E-state index in [-0.39, 0.29) is 22.9 Å². The van der Waals surface area contributed by atoms with Crippen LogP contribution in [0.4, 0.5) is 0 Å². The highest BCUT2D eigenvalue weighted by Gasteiger charge is 2.30. The van der Waals surface area contributed by atoms with Crippen LogP contribution in [0.25, 0.3) is 0 Å². The highest BCUT2D eigenvalue weighted by atomic mass is 32.2. The van der Waals surface area contributed by atoms with Crippen molar-refractivity contribution in [3.05, 3.63) is 48.5 Å². The zero-order valence-corrected chi connectivity index (χ0v) is 20.6. The lowest BCUT2D eigenvalue weighted by molar-refractivity contribution is 0.111. The molecule has 0 atom stereocenters. The highest BCUT2D eigenvalue weighted by molar-refractivity contribution is 7.89. The van der Waals surface area contributed by atoms with Crippen LogP contribution in [0.1, 0.15) is 0 Å². The van der Waals surface area contributed by atoms with E-state index in [1.54, 1.807) is 0 Å². The molecule has 0 bridgehead atoms. The molecule has 2 aromatic carbocycles.